The Kier molecular flexibility index (Phi) is 3.63. The lowest BCUT2D eigenvalue weighted by Gasteiger charge is -2.11. The number of halogens is 1. The summed E-state index contributed by atoms with van der Waals surface area (Å²) in [7, 11) is 1.61. The van der Waals surface area contributed by atoms with Crippen LogP contribution < -0.4 is 15.8 Å². The molecular weight excluding hydrogens is 248 g/mol. The van der Waals surface area contributed by atoms with Gasteiger partial charge in [-0.3, -0.25) is 0 Å². The summed E-state index contributed by atoms with van der Waals surface area (Å²) in [5.74, 6) is 0.736. The molecule has 0 bridgehead atoms. The molecule has 3 nitrogen and oxygen atoms in total. The van der Waals surface area contributed by atoms with Crippen molar-refractivity contribution in [1.29, 1.82) is 0 Å². The van der Waals surface area contributed by atoms with Crippen LogP contribution in [0.3, 0.4) is 0 Å². The fraction of sp³-hybridized carbons (Fsp3) is 0.143. The Morgan fingerprint density at radius 3 is 2.56 bits per heavy atom. The largest absolute Gasteiger partial charge is 0.497 e. The molecule has 0 aliphatic carbocycles. The molecular formula is C14H15ClN2O. The highest BCUT2D eigenvalue weighted by molar-refractivity contribution is 6.31. The van der Waals surface area contributed by atoms with Crippen LogP contribution in [0.4, 0.5) is 17.1 Å². The number of hydrogen-bond donors (Lipinski definition) is 2. The molecule has 0 fully saturated rings. The highest BCUT2D eigenvalue weighted by Gasteiger charge is 2.03. The van der Waals surface area contributed by atoms with Crippen LogP contribution in [-0.4, -0.2) is 7.11 Å². The lowest BCUT2D eigenvalue weighted by molar-refractivity contribution is 0.415. The van der Waals surface area contributed by atoms with Crippen LogP contribution in [0.5, 0.6) is 5.75 Å². The summed E-state index contributed by atoms with van der Waals surface area (Å²) in [6, 6.07) is 11.3. The van der Waals surface area contributed by atoms with E-state index in [0.717, 1.165) is 27.7 Å². The molecule has 94 valence electrons. The van der Waals surface area contributed by atoms with Crippen LogP contribution in [0.15, 0.2) is 36.4 Å². The smallest absolute Gasteiger partial charge is 0.121 e. The predicted octanol–water partition coefficient (Wildman–Crippen LogP) is 3.98. The maximum absolute atomic E-state index is 6.08. The average Bonchev–Trinajstić information content (AvgIpc) is 2.36. The molecule has 0 spiro atoms. The van der Waals surface area contributed by atoms with Crippen molar-refractivity contribution in [2.75, 3.05) is 18.2 Å². The molecule has 0 saturated heterocycles. The number of nitrogens with one attached hydrogen (secondary N) is 1. The second kappa shape index (κ2) is 5.19. The van der Waals surface area contributed by atoms with Crippen molar-refractivity contribution in [2.45, 2.75) is 6.92 Å². The SMILES string of the molecule is COc1ccc(Nc2ccc(C)c(Cl)c2)c(N)c1. The zero-order valence-electron chi connectivity index (χ0n) is 10.3. The molecule has 18 heavy (non-hydrogen) atoms. The molecule has 4 heteroatoms. The summed E-state index contributed by atoms with van der Waals surface area (Å²) in [6.45, 7) is 1.97. The summed E-state index contributed by atoms with van der Waals surface area (Å²) in [5, 5.41) is 3.96. The minimum Gasteiger partial charge on any atom is -0.497 e. The van der Waals surface area contributed by atoms with Gasteiger partial charge in [0.05, 0.1) is 18.5 Å². The summed E-state index contributed by atoms with van der Waals surface area (Å²) >= 11 is 6.08. The van der Waals surface area contributed by atoms with Crippen LogP contribution in [0.1, 0.15) is 5.56 Å². The Hall–Kier alpha value is -1.87. The monoisotopic (exact) mass is 262 g/mol. The van der Waals surface area contributed by atoms with Crippen LogP contribution in [0, 0.1) is 6.92 Å². The molecule has 2 aromatic carbocycles. The highest BCUT2D eigenvalue weighted by Crippen LogP contribution is 2.28. The van der Waals surface area contributed by atoms with Crippen molar-refractivity contribution in [3.8, 4) is 5.75 Å². The molecule has 0 atom stereocenters. The van der Waals surface area contributed by atoms with E-state index < -0.39 is 0 Å². The number of benzene rings is 2. The van der Waals surface area contributed by atoms with E-state index in [0.29, 0.717) is 5.69 Å². The number of aryl methyl sites for hydroxylation is 1. The van der Waals surface area contributed by atoms with Gasteiger partial charge in [-0.25, -0.2) is 0 Å². The van der Waals surface area contributed by atoms with Crippen LogP contribution >= 0.6 is 11.6 Å². The Labute approximate surface area is 112 Å². The molecule has 2 aromatic rings. The molecule has 0 unspecified atom stereocenters. The summed E-state index contributed by atoms with van der Waals surface area (Å²) < 4.78 is 5.11. The average molecular weight is 263 g/mol. The maximum Gasteiger partial charge on any atom is 0.121 e. The minimum atomic E-state index is 0.631. The second-order valence-corrected chi connectivity index (χ2v) is 4.45. The quantitative estimate of drug-likeness (QED) is 0.823. The number of nitrogen functional groups attached to an aromatic ring is 1. The third kappa shape index (κ3) is 2.68. The lowest BCUT2D eigenvalue weighted by atomic mass is 10.2. The number of rotatable bonds is 3. The van der Waals surface area contributed by atoms with E-state index in [2.05, 4.69) is 5.32 Å². The van der Waals surface area contributed by atoms with E-state index in [1.165, 1.54) is 0 Å². The van der Waals surface area contributed by atoms with Crippen LogP contribution in [0.2, 0.25) is 5.02 Å². The fourth-order valence-corrected chi connectivity index (χ4v) is 1.79. The summed E-state index contributed by atoms with van der Waals surface area (Å²) in [5.41, 5.74) is 9.35. The topological polar surface area (TPSA) is 47.3 Å². The Morgan fingerprint density at radius 2 is 1.94 bits per heavy atom. The van der Waals surface area contributed by atoms with Gasteiger partial charge in [0, 0.05) is 16.8 Å². The van der Waals surface area contributed by atoms with Crippen molar-refractivity contribution in [2.24, 2.45) is 0 Å². The van der Waals surface area contributed by atoms with Crippen molar-refractivity contribution >= 4 is 28.7 Å². The summed E-state index contributed by atoms with van der Waals surface area (Å²) in [4.78, 5) is 0. The molecule has 0 radical (unpaired) electrons. The van der Waals surface area contributed by atoms with Crippen molar-refractivity contribution < 1.29 is 4.74 Å². The highest BCUT2D eigenvalue weighted by atomic mass is 35.5. The second-order valence-electron chi connectivity index (χ2n) is 4.04. The summed E-state index contributed by atoms with van der Waals surface area (Å²) in [6.07, 6.45) is 0. The number of methoxy groups -OCH3 is 1. The van der Waals surface area contributed by atoms with Crippen LogP contribution in [-0.2, 0) is 0 Å². The number of anilines is 3. The van der Waals surface area contributed by atoms with Gasteiger partial charge in [0.2, 0.25) is 0 Å². The van der Waals surface area contributed by atoms with Gasteiger partial charge in [0.25, 0.3) is 0 Å². The van der Waals surface area contributed by atoms with Gasteiger partial charge in [-0.15, -0.1) is 0 Å². The van der Waals surface area contributed by atoms with E-state index in [1.807, 2.05) is 37.3 Å². The maximum atomic E-state index is 6.08. The molecule has 3 N–H and O–H groups in total. The van der Waals surface area contributed by atoms with E-state index >= 15 is 0 Å². The number of ether oxygens (including phenoxy) is 1. The molecule has 2 rings (SSSR count). The Bertz CT molecular complexity index is 570. The third-order valence-electron chi connectivity index (χ3n) is 2.71. The Morgan fingerprint density at radius 1 is 1.17 bits per heavy atom. The molecule has 0 aliphatic rings. The minimum absolute atomic E-state index is 0.631. The normalized spacial score (nSPS) is 10.2. The Balaban J connectivity index is 2.25. The van der Waals surface area contributed by atoms with Gasteiger partial charge >= 0.3 is 0 Å². The fourth-order valence-electron chi connectivity index (χ4n) is 1.61. The van der Waals surface area contributed by atoms with E-state index in [-0.39, 0.29) is 0 Å². The first-order valence-electron chi connectivity index (χ1n) is 5.57. The zero-order chi connectivity index (χ0) is 13.1. The van der Waals surface area contributed by atoms with Gasteiger partial charge in [-0.1, -0.05) is 17.7 Å². The molecule has 0 amide bonds. The molecule has 0 aliphatic heterocycles. The van der Waals surface area contributed by atoms with Crippen molar-refractivity contribution in [3.63, 3.8) is 0 Å². The first-order chi connectivity index (χ1) is 8.60. The number of nitrogens with two attached hydrogens (primary N) is 1. The van der Waals surface area contributed by atoms with E-state index in [1.54, 1.807) is 13.2 Å². The number of hydrogen-bond acceptors (Lipinski definition) is 3. The van der Waals surface area contributed by atoms with E-state index in [9.17, 15) is 0 Å². The van der Waals surface area contributed by atoms with E-state index in [4.69, 9.17) is 22.1 Å². The standard InChI is InChI=1S/C14H15ClN2O/c1-9-3-4-10(7-12(9)15)17-14-6-5-11(18-2)8-13(14)16/h3-8,17H,16H2,1-2H3. The molecule has 0 saturated carbocycles. The third-order valence-corrected chi connectivity index (χ3v) is 3.12. The first kappa shape index (κ1) is 12.6. The van der Waals surface area contributed by atoms with Crippen molar-refractivity contribution in [1.82, 2.24) is 0 Å². The van der Waals surface area contributed by atoms with Gasteiger partial charge in [0.1, 0.15) is 5.75 Å². The van der Waals surface area contributed by atoms with Crippen molar-refractivity contribution in [3.05, 3.63) is 47.0 Å². The first-order valence-corrected chi connectivity index (χ1v) is 5.94. The van der Waals surface area contributed by atoms with Gasteiger partial charge in [-0.05, 0) is 36.8 Å². The molecule has 0 heterocycles. The van der Waals surface area contributed by atoms with Crippen LogP contribution in [0.25, 0.3) is 0 Å². The van der Waals surface area contributed by atoms with Gasteiger partial charge in [-0.2, -0.15) is 0 Å². The predicted molar refractivity (Wildman–Crippen MR) is 76.9 cm³/mol. The van der Waals surface area contributed by atoms with Gasteiger partial charge < -0.3 is 15.8 Å². The zero-order valence-corrected chi connectivity index (χ0v) is 11.1. The lowest BCUT2D eigenvalue weighted by Crippen LogP contribution is -1.97. The molecule has 0 aromatic heterocycles. The van der Waals surface area contributed by atoms with Gasteiger partial charge in [0.15, 0.2) is 0 Å².